The van der Waals surface area contributed by atoms with Crippen LogP contribution in [0.5, 0.6) is 5.75 Å². The van der Waals surface area contributed by atoms with Crippen molar-refractivity contribution in [1.29, 1.82) is 0 Å². The Balaban J connectivity index is 0.000000112. The molecule has 0 amide bonds. The second kappa shape index (κ2) is 22.1. The van der Waals surface area contributed by atoms with E-state index >= 15 is 0 Å². The summed E-state index contributed by atoms with van der Waals surface area (Å²) >= 11 is 0. The van der Waals surface area contributed by atoms with E-state index in [2.05, 4.69) is 324 Å². The lowest BCUT2D eigenvalue weighted by Crippen LogP contribution is -2.30. The van der Waals surface area contributed by atoms with Gasteiger partial charge in [0.05, 0.1) is 16.2 Å². The van der Waals surface area contributed by atoms with Gasteiger partial charge in [0, 0.05) is 16.6 Å². The second-order valence-corrected chi connectivity index (χ2v) is 25.7. The third-order valence-electron chi connectivity index (χ3n) is 21.0. The zero-order valence-corrected chi connectivity index (χ0v) is 52.8. The van der Waals surface area contributed by atoms with Crippen molar-refractivity contribution in [2.45, 2.75) is 37.0 Å². The van der Waals surface area contributed by atoms with Gasteiger partial charge in [0.15, 0.2) is 0 Å². The second-order valence-electron chi connectivity index (χ2n) is 25.7. The Morgan fingerprint density at radius 2 is 0.670 bits per heavy atom. The van der Waals surface area contributed by atoms with Gasteiger partial charge in [0.25, 0.3) is 0 Å². The molecule has 4 aliphatic rings. The van der Waals surface area contributed by atoms with E-state index in [4.69, 9.17) is 5.73 Å². The SMILES string of the molecule is Cc1c(C2(c3ccc4ccccc4c3O)c3ccccc3-c3c(-c4ccc(N)cc4)cccc32)ccc2ccccc12.Cc1ccc2c(c1)C(c1ccccc1)(c1ccccc1)c1ccccc1-2.Cc1cccc2c1-c1ccccc1C21c2ccccc2-c2ccccc21. The predicted molar refractivity (Wildman–Crippen MR) is 391 cm³/mol. The summed E-state index contributed by atoms with van der Waals surface area (Å²) in [4.78, 5) is 0. The van der Waals surface area contributed by atoms with Gasteiger partial charge in [-0.1, -0.05) is 327 Å². The van der Waals surface area contributed by atoms with E-state index in [1.54, 1.807) is 0 Å². The molecule has 4 aliphatic carbocycles. The highest BCUT2D eigenvalue weighted by Crippen LogP contribution is 2.65. The maximum absolute atomic E-state index is 12.2. The van der Waals surface area contributed by atoms with Gasteiger partial charge in [0.2, 0.25) is 0 Å². The molecule has 2 nitrogen and oxygen atoms in total. The quantitative estimate of drug-likeness (QED) is 0.169. The van der Waals surface area contributed by atoms with Gasteiger partial charge in [-0.15, -0.1) is 0 Å². The van der Waals surface area contributed by atoms with Crippen LogP contribution in [-0.2, 0) is 16.2 Å². The van der Waals surface area contributed by atoms with E-state index in [9.17, 15) is 5.11 Å². The lowest BCUT2D eigenvalue weighted by atomic mass is 9.65. The molecular weight excluding hydrogens is 1140 g/mol. The molecule has 0 heterocycles. The summed E-state index contributed by atoms with van der Waals surface area (Å²) in [5.41, 5.74) is 37.8. The molecule has 2 heteroatoms. The van der Waals surface area contributed by atoms with Crippen LogP contribution in [0.1, 0.15) is 83.5 Å². The molecule has 0 saturated heterocycles. The first kappa shape index (κ1) is 56.4. The molecule has 0 bridgehead atoms. The first-order valence-electron chi connectivity index (χ1n) is 32.7. The predicted octanol–water partition coefficient (Wildman–Crippen LogP) is 22.3. The highest BCUT2D eigenvalue weighted by molar-refractivity contribution is 6.01. The fraction of sp³-hybridized carbons (Fsp3) is 0.0652. The molecule has 0 aliphatic heterocycles. The zero-order chi connectivity index (χ0) is 63.3. The molecule has 15 aromatic rings. The van der Waals surface area contributed by atoms with Crippen LogP contribution >= 0.6 is 0 Å². The first-order chi connectivity index (χ1) is 46.2. The molecule has 15 aromatic carbocycles. The monoisotopic (exact) mass is 1200 g/mol. The minimum absolute atomic E-state index is 0.189. The molecule has 0 saturated carbocycles. The van der Waals surface area contributed by atoms with Gasteiger partial charge in [-0.05, 0) is 177 Å². The number of phenols is 1. The maximum atomic E-state index is 12.2. The van der Waals surface area contributed by atoms with Gasteiger partial charge in [0.1, 0.15) is 5.75 Å². The topological polar surface area (TPSA) is 46.2 Å². The highest BCUT2D eigenvalue weighted by atomic mass is 16.3. The number of hydrogen-bond acceptors (Lipinski definition) is 2. The number of aromatic hydroxyl groups is 1. The Bertz CT molecular complexity index is 5320. The third kappa shape index (κ3) is 8.09. The summed E-state index contributed by atoms with van der Waals surface area (Å²) in [5, 5.41) is 16.5. The van der Waals surface area contributed by atoms with E-state index in [-0.39, 0.29) is 10.8 Å². The zero-order valence-electron chi connectivity index (χ0n) is 52.8. The Morgan fingerprint density at radius 1 is 0.266 bits per heavy atom. The maximum Gasteiger partial charge on any atom is 0.128 e. The number of nitrogens with two attached hydrogens (primary N) is 1. The molecule has 3 N–H and O–H groups in total. The van der Waals surface area contributed by atoms with Gasteiger partial charge in [-0.3, -0.25) is 0 Å². The van der Waals surface area contributed by atoms with E-state index in [0.29, 0.717) is 5.75 Å². The molecule has 0 radical (unpaired) electrons. The average molecular weight is 1200 g/mol. The summed E-state index contributed by atoms with van der Waals surface area (Å²) in [6.07, 6.45) is 0. The Morgan fingerprint density at radius 3 is 1.26 bits per heavy atom. The van der Waals surface area contributed by atoms with Crippen LogP contribution in [0.2, 0.25) is 0 Å². The first-order valence-corrected chi connectivity index (χ1v) is 32.7. The number of rotatable bonds is 5. The smallest absolute Gasteiger partial charge is 0.128 e. The lowest BCUT2D eigenvalue weighted by molar-refractivity contribution is 0.467. The van der Waals surface area contributed by atoms with E-state index in [1.165, 1.54) is 133 Å². The molecular formula is C92H67NO. The lowest BCUT2D eigenvalue weighted by Gasteiger charge is -2.36. The van der Waals surface area contributed by atoms with Crippen molar-refractivity contribution in [1.82, 2.24) is 0 Å². The van der Waals surface area contributed by atoms with Crippen LogP contribution in [0.4, 0.5) is 5.69 Å². The number of benzene rings is 15. The standard InChI is InChI=1S/C40H29NO.C26H18.C26H20/c1-25-30-11-4-2-9-26(30)19-23-34(25)40(37-24-20-27-10-3-5-12-32(27)39(37)42)35-15-7-6-13-33(35)38-31(14-8-16-36(38)40)28-17-21-29(41)22-18-28;1-17-9-8-16-24-25(17)20-12-4-7-15-23(20)26(24)21-13-5-2-10-18(21)19-11-3-6-14-22(19)26;1-19-16-17-23-22-14-8-9-15-24(22)26(25(23)18-19,20-10-4-2-5-11-20)21-12-6-3-7-13-21/h2-24,42H,41H2,1H3;2-16H,1H3;2-18H,1H3. The van der Waals surface area contributed by atoms with Crippen molar-refractivity contribution in [3.8, 4) is 61.4 Å². The summed E-state index contributed by atoms with van der Waals surface area (Å²) in [7, 11) is 0. The molecule has 446 valence electrons. The number of phenolic OH excluding ortho intramolecular Hbond substituents is 1. The van der Waals surface area contributed by atoms with Crippen LogP contribution in [0.3, 0.4) is 0 Å². The Labute approximate surface area is 550 Å². The fourth-order valence-electron chi connectivity index (χ4n) is 17.2. The van der Waals surface area contributed by atoms with Crippen LogP contribution in [0.25, 0.3) is 77.2 Å². The minimum atomic E-state index is -0.738. The summed E-state index contributed by atoms with van der Waals surface area (Å²) in [5.74, 6) is 0.321. The Kier molecular flexibility index (Phi) is 13.3. The highest BCUT2D eigenvalue weighted by Gasteiger charge is 2.53. The van der Waals surface area contributed by atoms with E-state index in [1.807, 2.05) is 30.3 Å². The normalized spacial score (nSPS) is 14.8. The molecule has 1 unspecified atom stereocenters. The molecule has 94 heavy (non-hydrogen) atoms. The number of hydrogen-bond donors (Lipinski definition) is 2. The molecule has 1 spiro atoms. The largest absolute Gasteiger partial charge is 0.507 e. The summed E-state index contributed by atoms with van der Waals surface area (Å²) in [6.45, 7) is 6.65. The average Bonchev–Trinajstić information content (AvgIpc) is 1.52. The van der Waals surface area contributed by atoms with Crippen LogP contribution in [0.15, 0.2) is 334 Å². The van der Waals surface area contributed by atoms with Crippen molar-refractivity contribution >= 4 is 27.2 Å². The molecule has 0 aromatic heterocycles. The van der Waals surface area contributed by atoms with Crippen molar-refractivity contribution in [2.24, 2.45) is 0 Å². The van der Waals surface area contributed by atoms with E-state index < -0.39 is 5.41 Å². The number of nitrogen functional groups attached to an aromatic ring is 1. The molecule has 19 rings (SSSR count). The van der Waals surface area contributed by atoms with Crippen molar-refractivity contribution < 1.29 is 5.11 Å². The van der Waals surface area contributed by atoms with Gasteiger partial charge < -0.3 is 10.8 Å². The van der Waals surface area contributed by atoms with Crippen molar-refractivity contribution in [2.75, 3.05) is 5.73 Å². The van der Waals surface area contributed by atoms with Gasteiger partial charge >= 0.3 is 0 Å². The Hall–Kier alpha value is -11.6. The third-order valence-corrected chi connectivity index (χ3v) is 21.0. The number of aryl methyl sites for hydroxylation is 3. The van der Waals surface area contributed by atoms with Gasteiger partial charge in [-0.25, -0.2) is 0 Å². The minimum Gasteiger partial charge on any atom is -0.507 e. The van der Waals surface area contributed by atoms with Crippen LogP contribution in [-0.4, -0.2) is 5.11 Å². The fourth-order valence-corrected chi connectivity index (χ4v) is 17.2. The number of fused-ring (bicyclic) bond motifs is 18. The number of anilines is 1. The van der Waals surface area contributed by atoms with Gasteiger partial charge in [-0.2, -0.15) is 0 Å². The summed E-state index contributed by atoms with van der Waals surface area (Å²) < 4.78 is 0. The van der Waals surface area contributed by atoms with E-state index in [0.717, 1.165) is 33.2 Å². The van der Waals surface area contributed by atoms with Crippen molar-refractivity contribution in [3.05, 3.63) is 417 Å². The van der Waals surface area contributed by atoms with Crippen LogP contribution < -0.4 is 5.73 Å². The molecule has 0 fully saturated rings. The molecule has 1 atom stereocenters. The van der Waals surface area contributed by atoms with Crippen molar-refractivity contribution in [3.63, 3.8) is 0 Å². The summed E-state index contributed by atoms with van der Waals surface area (Å²) in [6, 6.07) is 120. The van der Waals surface area contributed by atoms with Crippen LogP contribution in [0, 0.1) is 20.8 Å².